The minimum atomic E-state index is 0.0450. The van der Waals surface area contributed by atoms with Gasteiger partial charge in [0, 0.05) is 36.1 Å². The predicted molar refractivity (Wildman–Crippen MR) is 97.2 cm³/mol. The summed E-state index contributed by atoms with van der Waals surface area (Å²) in [5, 5.41) is 8.68. The zero-order valence-corrected chi connectivity index (χ0v) is 14.5. The third-order valence-electron chi connectivity index (χ3n) is 4.50. The van der Waals surface area contributed by atoms with Crippen LogP contribution in [0.4, 0.5) is 5.82 Å². The Bertz CT molecular complexity index is 860. The Labute approximate surface area is 142 Å². The van der Waals surface area contributed by atoms with Gasteiger partial charge in [-0.1, -0.05) is 25.1 Å². The number of para-hydroxylation sites is 1. The number of nitrogens with one attached hydrogen (secondary N) is 2. The van der Waals surface area contributed by atoms with Crippen molar-refractivity contribution in [2.24, 2.45) is 7.05 Å². The number of aryl methyl sites for hydroxylation is 3. The normalized spacial score (nSPS) is 11.1. The first-order valence-electron chi connectivity index (χ1n) is 8.47. The van der Waals surface area contributed by atoms with E-state index in [0.29, 0.717) is 6.42 Å². The first kappa shape index (κ1) is 16.3. The molecule has 0 fully saturated rings. The van der Waals surface area contributed by atoms with Crippen LogP contribution in [-0.4, -0.2) is 20.7 Å². The second-order valence-corrected chi connectivity index (χ2v) is 6.16. The quantitative estimate of drug-likeness (QED) is 0.725. The molecule has 0 aliphatic rings. The number of amides is 1. The maximum Gasteiger partial charge on any atom is 0.225 e. The predicted octanol–water partition coefficient (Wildman–Crippen LogP) is 3.73. The second-order valence-electron chi connectivity index (χ2n) is 6.16. The Morgan fingerprint density at radius 3 is 2.88 bits per heavy atom. The van der Waals surface area contributed by atoms with Crippen molar-refractivity contribution in [3.8, 4) is 0 Å². The van der Waals surface area contributed by atoms with Gasteiger partial charge in [-0.25, -0.2) is 0 Å². The van der Waals surface area contributed by atoms with Crippen molar-refractivity contribution in [2.45, 2.75) is 39.5 Å². The first-order valence-corrected chi connectivity index (χ1v) is 8.47. The van der Waals surface area contributed by atoms with Gasteiger partial charge in [0.1, 0.15) is 5.82 Å². The Balaban J connectivity index is 1.57. The SMILES string of the molecule is CCc1nn(C)c(NC(=O)CCCc2c[nH]c3ccccc23)c1C. The van der Waals surface area contributed by atoms with Crippen molar-refractivity contribution in [2.75, 3.05) is 5.32 Å². The molecule has 0 atom stereocenters. The highest BCUT2D eigenvalue weighted by Gasteiger charge is 2.13. The molecule has 2 N–H and O–H groups in total. The minimum Gasteiger partial charge on any atom is -0.361 e. The molecule has 0 aliphatic heterocycles. The summed E-state index contributed by atoms with van der Waals surface area (Å²) in [7, 11) is 1.87. The van der Waals surface area contributed by atoms with Crippen LogP contribution in [0.1, 0.15) is 36.6 Å². The van der Waals surface area contributed by atoms with E-state index in [1.165, 1.54) is 10.9 Å². The molecule has 0 saturated carbocycles. The van der Waals surface area contributed by atoms with Gasteiger partial charge in [-0.3, -0.25) is 9.48 Å². The molecule has 1 amide bonds. The number of carbonyl (C=O) groups is 1. The third kappa shape index (κ3) is 3.20. The summed E-state index contributed by atoms with van der Waals surface area (Å²) >= 11 is 0. The van der Waals surface area contributed by atoms with Gasteiger partial charge in [-0.15, -0.1) is 0 Å². The van der Waals surface area contributed by atoms with Gasteiger partial charge in [0.05, 0.1) is 5.69 Å². The van der Waals surface area contributed by atoms with Crippen LogP contribution in [0.25, 0.3) is 10.9 Å². The average Bonchev–Trinajstić information content (AvgIpc) is 3.11. The van der Waals surface area contributed by atoms with Gasteiger partial charge in [0.2, 0.25) is 5.91 Å². The summed E-state index contributed by atoms with van der Waals surface area (Å²) in [4.78, 5) is 15.5. The fourth-order valence-electron chi connectivity index (χ4n) is 3.17. The van der Waals surface area contributed by atoms with E-state index in [1.807, 2.05) is 32.3 Å². The number of rotatable bonds is 6. The Hall–Kier alpha value is -2.56. The molecular weight excluding hydrogens is 300 g/mol. The molecule has 1 aromatic carbocycles. The van der Waals surface area contributed by atoms with Crippen LogP contribution in [-0.2, 0) is 24.7 Å². The van der Waals surface area contributed by atoms with Crippen LogP contribution in [0, 0.1) is 6.92 Å². The fourth-order valence-corrected chi connectivity index (χ4v) is 3.17. The molecule has 3 rings (SSSR count). The number of hydrogen-bond acceptors (Lipinski definition) is 2. The molecule has 3 aromatic rings. The van der Waals surface area contributed by atoms with Gasteiger partial charge in [-0.05, 0) is 37.8 Å². The molecule has 0 radical (unpaired) electrons. The maximum absolute atomic E-state index is 12.2. The van der Waals surface area contributed by atoms with Crippen LogP contribution in [0.15, 0.2) is 30.5 Å². The summed E-state index contributed by atoms with van der Waals surface area (Å²) < 4.78 is 1.76. The average molecular weight is 324 g/mol. The molecule has 0 saturated heterocycles. The van der Waals surface area contributed by atoms with E-state index in [2.05, 4.69) is 34.5 Å². The van der Waals surface area contributed by atoms with Crippen LogP contribution in [0.3, 0.4) is 0 Å². The molecule has 2 heterocycles. The van der Waals surface area contributed by atoms with Gasteiger partial charge < -0.3 is 10.3 Å². The van der Waals surface area contributed by atoms with Crippen LogP contribution < -0.4 is 5.32 Å². The lowest BCUT2D eigenvalue weighted by Crippen LogP contribution is -2.15. The lowest BCUT2D eigenvalue weighted by atomic mass is 10.1. The number of nitrogens with zero attached hydrogens (tertiary/aromatic N) is 2. The number of anilines is 1. The van der Waals surface area contributed by atoms with Gasteiger partial charge >= 0.3 is 0 Å². The highest BCUT2D eigenvalue weighted by molar-refractivity contribution is 5.90. The number of carbonyl (C=O) groups excluding carboxylic acids is 1. The van der Waals surface area contributed by atoms with E-state index in [-0.39, 0.29) is 5.91 Å². The number of benzene rings is 1. The van der Waals surface area contributed by atoms with E-state index >= 15 is 0 Å². The molecule has 0 spiro atoms. The lowest BCUT2D eigenvalue weighted by molar-refractivity contribution is -0.116. The molecule has 2 aromatic heterocycles. The molecule has 126 valence electrons. The molecule has 5 heteroatoms. The van der Waals surface area contributed by atoms with Gasteiger partial charge in [0.25, 0.3) is 0 Å². The number of fused-ring (bicyclic) bond motifs is 1. The largest absolute Gasteiger partial charge is 0.361 e. The molecule has 24 heavy (non-hydrogen) atoms. The van der Waals surface area contributed by atoms with Crippen molar-refractivity contribution in [1.82, 2.24) is 14.8 Å². The van der Waals surface area contributed by atoms with Crippen molar-refractivity contribution < 1.29 is 4.79 Å². The van der Waals surface area contributed by atoms with Crippen molar-refractivity contribution in [3.63, 3.8) is 0 Å². The number of aromatic amines is 1. The van der Waals surface area contributed by atoms with Crippen molar-refractivity contribution in [1.29, 1.82) is 0 Å². The van der Waals surface area contributed by atoms with E-state index in [4.69, 9.17) is 0 Å². The highest BCUT2D eigenvalue weighted by atomic mass is 16.1. The molecule has 0 unspecified atom stereocenters. The van der Waals surface area contributed by atoms with E-state index in [1.54, 1.807) is 4.68 Å². The first-order chi connectivity index (χ1) is 11.6. The molecule has 0 aliphatic carbocycles. The van der Waals surface area contributed by atoms with E-state index in [9.17, 15) is 4.79 Å². The van der Waals surface area contributed by atoms with E-state index < -0.39 is 0 Å². The fraction of sp³-hybridized carbons (Fsp3) is 0.368. The molecule has 0 bridgehead atoms. The van der Waals surface area contributed by atoms with Gasteiger partial charge in [0.15, 0.2) is 0 Å². The summed E-state index contributed by atoms with van der Waals surface area (Å²) in [6.45, 7) is 4.08. The molecule has 5 nitrogen and oxygen atoms in total. The van der Waals surface area contributed by atoms with Crippen molar-refractivity contribution in [3.05, 3.63) is 47.3 Å². The smallest absolute Gasteiger partial charge is 0.225 e. The number of aromatic nitrogens is 3. The Kier molecular flexibility index (Phi) is 4.69. The lowest BCUT2D eigenvalue weighted by Gasteiger charge is -2.06. The standard InChI is InChI=1S/C19H24N4O/c1-4-16-13(2)19(23(3)22-16)21-18(24)11-7-8-14-12-20-17-10-6-5-9-15(14)17/h5-6,9-10,12,20H,4,7-8,11H2,1-3H3,(H,21,24). The minimum absolute atomic E-state index is 0.0450. The zero-order valence-electron chi connectivity index (χ0n) is 14.5. The molecular formula is C19H24N4O. The zero-order chi connectivity index (χ0) is 17.1. The Morgan fingerprint density at radius 2 is 2.12 bits per heavy atom. The van der Waals surface area contributed by atoms with Crippen molar-refractivity contribution >= 4 is 22.6 Å². The van der Waals surface area contributed by atoms with Crippen LogP contribution in [0.2, 0.25) is 0 Å². The Morgan fingerprint density at radius 1 is 1.33 bits per heavy atom. The maximum atomic E-state index is 12.2. The summed E-state index contributed by atoms with van der Waals surface area (Å²) in [6, 6.07) is 8.26. The summed E-state index contributed by atoms with van der Waals surface area (Å²) in [5.74, 6) is 0.854. The van der Waals surface area contributed by atoms with Crippen LogP contribution >= 0.6 is 0 Å². The van der Waals surface area contributed by atoms with Gasteiger partial charge in [-0.2, -0.15) is 5.10 Å². The third-order valence-corrected chi connectivity index (χ3v) is 4.50. The summed E-state index contributed by atoms with van der Waals surface area (Å²) in [5.41, 5.74) is 4.51. The second kappa shape index (κ2) is 6.91. The highest BCUT2D eigenvalue weighted by Crippen LogP contribution is 2.21. The topological polar surface area (TPSA) is 62.7 Å². The number of H-pyrrole nitrogens is 1. The van der Waals surface area contributed by atoms with Crippen LogP contribution in [0.5, 0.6) is 0 Å². The van der Waals surface area contributed by atoms with E-state index in [0.717, 1.165) is 41.9 Å². The monoisotopic (exact) mass is 324 g/mol. The number of hydrogen-bond donors (Lipinski definition) is 2. The summed E-state index contributed by atoms with van der Waals surface area (Å²) in [6.07, 6.45) is 5.14.